The smallest absolute Gasteiger partial charge is 0.235 e. The van der Waals surface area contributed by atoms with Crippen molar-refractivity contribution in [3.8, 4) is 23.4 Å². The van der Waals surface area contributed by atoms with Crippen molar-refractivity contribution in [3.05, 3.63) is 180 Å². The number of halogens is 3. The van der Waals surface area contributed by atoms with Crippen LogP contribution in [-0.2, 0) is 27.1 Å². The Morgan fingerprint density at radius 2 is 0.710 bits per heavy atom. The van der Waals surface area contributed by atoms with Crippen molar-refractivity contribution < 1.29 is 57.3 Å². The van der Waals surface area contributed by atoms with Gasteiger partial charge < -0.3 is 83.3 Å². The largest absolute Gasteiger partial charge is 0.496 e. The second-order valence-electron chi connectivity index (χ2n) is 37.9. The first-order chi connectivity index (χ1) is 67.1. The van der Waals surface area contributed by atoms with E-state index < -0.39 is 23.6 Å². The van der Waals surface area contributed by atoms with E-state index in [-0.39, 0.29) is 43.7 Å². The second-order valence-corrected chi connectivity index (χ2v) is 37.9. The van der Waals surface area contributed by atoms with Gasteiger partial charge >= 0.3 is 0 Å². The highest BCUT2D eigenvalue weighted by Crippen LogP contribution is 2.53. The first kappa shape index (κ1) is 97.5. The minimum absolute atomic E-state index is 0.0700. The van der Waals surface area contributed by atoms with E-state index in [0.29, 0.717) is 118 Å². The molecule has 0 spiro atoms. The van der Waals surface area contributed by atoms with Crippen LogP contribution in [0.25, 0.3) is 43.6 Å². The lowest BCUT2D eigenvalue weighted by atomic mass is 9.79. The molecule has 138 heavy (non-hydrogen) atoms. The van der Waals surface area contributed by atoms with Crippen LogP contribution in [0.3, 0.4) is 0 Å². The summed E-state index contributed by atoms with van der Waals surface area (Å²) in [6.45, 7) is 11.5. The molecule has 31 nitrogen and oxygen atoms in total. The number of alkyl halides is 3. The molecule has 4 aliphatic heterocycles. The van der Waals surface area contributed by atoms with Gasteiger partial charge in [0, 0.05) is 211 Å². The van der Waals surface area contributed by atoms with Gasteiger partial charge in [-0.15, -0.1) is 0 Å². The van der Waals surface area contributed by atoms with E-state index in [4.69, 9.17) is 53.6 Å². The van der Waals surface area contributed by atoms with Gasteiger partial charge in [0.05, 0.1) is 83.5 Å². The van der Waals surface area contributed by atoms with Crippen molar-refractivity contribution in [1.82, 2.24) is 69.8 Å². The van der Waals surface area contributed by atoms with E-state index in [2.05, 4.69) is 119 Å². The molecule has 0 atom stereocenters. The number of methoxy groups -OCH3 is 4. The molecule has 7 aromatic heterocycles. The Morgan fingerprint density at radius 1 is 0.377 bits per heavy atom. The van der Waals surface area contributed by atoms with Crippen molar-refractivity contribution in [2.75, 3.05) is 214 Å². The molecular formula is C104H131F3N22O9. The van der Waals surface area contributed by atoms with Crippen LogP contribution in [0.4, 0.5) is 59.2 Å². The molecule has 4 aliphatic carbocycles. The molecule has 4 saturated carbocycles. The molecule has 12 aromatic rings. The number of aliphatic hydroxyl groups excluding tert-OH is 3. The minimum atomic E-state index is -1.43. The van der Waals surface area contributed by atoms with Gasteiger partial charge in [0.2, 0.25) is 17.6 Å². The van der Waals surface area contributed by atoms with E-state index >= 15 is 8.78 Å². The molecule has 732 valence electrons. The Balaban J connectivity index is 0.000000127. The van der Waals surface area contributed by atoms with Crippen LogP contribution < -0.4 is 58.1 Å². The number of aliphatic hydroxyl groups is 4. The standard InChI is InChI=1S/C28H34F2N4O2.C26H34N6O2.C25H31FN6O2.C25H32N6O3/c1-33(16-18-36-17-13-29)21-7-8-24-23(19-21)26(32-27(31-24)28(30)11-12-28)34-14-9-20(10-15-34)22-5-3-4-6-25(22)35-2;1-4-26(9-10-26)25-29-21-6-5-19(31(2)15-16-33)17-20(21)23(30-25)32-13-7-18(8-14-32)22-24(34-3)28-12-11-27-22;1-31(14-15-33)18-4-5-20-19(16-18)22(30-24(29-20)25(26)8-3-9-25)32-12-6-17(7-13-32)21-23(34-2)28-11-10-27-21;1-30(14-15-32)18-4-5-20-19(16-18)22(29-24(28-20)25(33)8-3-9-25)31-12-6-17(7-13-31)21-23(34-2)27-11-10-26-21/h3-8,19-20H,9-18H2,1-2H3;5-6,11-12,17-18,33H,4,7-10,13-16H2,1-3H3;4-5,10-11,16-17,33H,3,6-9,12-15H2,1-2H3;4-5,10-11,16-17,32-33H,3,6-9,12-15H2,1-2H3. The predicted molar refractivity (Wildman–Crippen MR) is 532 cm³/mol. The molecule has 0 radical (unpaired) electrons. The van der Waals surface area contributed by atoms with E-state index in [9.17, 15) is 24.8 Å². The van der Waals surface area contributed by atoms with Crippen molar-refractivity contribution in [3.63, 3.8) is 0 Å². The van der Waals surface area contributed by atoms with Gasteiger partial charge in [-0.3, -0.25) is 15.0 Å². The lowest BCUT2D eigenvalue weighted by Gasteiger charge is -2.37. The third-order valence-corrected chi connectivity index (χ3v) is 29.3. The summed E-state index contributed by atoms with van der Waals surface area (Å²) in [6.07, 6.45) is 26.2. The summed E-state index contributed by atoms with van der Waals surface area (Å²) in [5.74, 6) is 9.60. The number of rotatable bonds is 32. The third-order valence-electron chi connectivity index (χ3n) is 29.3. The Morgan fingerprint density at radius 3 is 1.04 bits per heavy atom. The first-order valence-electron chi connectivity index (χ1n) is 49.0. The highest BCUT2D eigenvalue weighted by Gasteiger charge is 2.50. The normalized spacial score (nSPS) is 17.8. The van der Waals surface area contributed by atoms with Crippen LogP contribution >= 0.6 is 0 Å². The average molecular weight is 1890 g/mol. The number of piperidine rings is 4. The van der Waals surface area contributed by atoms with Crippen LogP contribution in [0, 0.1) is 0 Å². The first-order valence-corrected chi connectivity index (χ1v) is 49.0. The summed E-state index contributed by atoms with van der Waals surface area (Å²) < 4.78 is 70.0. The second kappa shape index (κ2) is 43.5. The van der Waals surface area contributed by atoms with Crippen LogP contribution in [0.5, 0.6) is 23.4 Å². The number of benzene rings is 5. The number of anilines is 8. The molecule has 20 rings (SSSR count). The van der Waals surface area contributed by atoms with Gasteiger partial charge in [-0.1, -0.05) is 25.1 Å². The Labute approximate surface area is 805 Å². The monoisotopic (exact) mass is 1890 g/mol. The van der Waals surface area contributed by atoms with Gasteiger partial charge in [0.1, 0.15) is 64.2 Å². The van der Waals surface area contributed by atoms with Gasteiger partial charge in [-0.2, -0.15) is 0 Å². The molecule has 8 fully saturated rings. The maximum absolute atomic E-state index is 15.4. The Kier molecular flexibility index (Phi) is 30.8. The number of para-hydroxylation sites is 1. The summed E-state index contributed by atoms with van der Waals surface area (Å²) in [5.41, 5.74) is 7.75. The van der Waals surface area contributed by atoms with E-state index in [1.807, 2.05) is 92.6 Å². The fourth-order valence-corrected chi connectivity index (χ4v) is 20.0. The minimum Gasteiger partial charge on any atom is -0.496 e. The lowest BCUT2D eigenvalue weighted by molar-refractivity contribution is -0.0463. The zero-order valence-corrected chi connectivity index (χ0v) is 81.0. The van der Waals surface area contributed by atoms with Gasteiger partial charge in [-0.25, -0.2) is 68.0 Å². The molecule has 0 bridgehead atoms. The number of ether oxygens (including phenoxy) is 5. The molecule has 0 amide bonds. The topological polar surface area (TPSA) is 333 Å². The molecule has 34 heteroatoms. The summed E-state index contributed by atoms with van der Waals surface area (Å²) >= 11 is 0. The zero-order valence-electron chi connectivity index (χ0n) is 81.0. The fourth-order valence-electron chi connectivity index (χ4n) is 20.0. The number of nitrogens with zero attached hydrogens (tertiary/aromatic N) is 22. The van der Waals surface area contributed by atoms with Crippen LogP contribution in [-0.4, -0.2) is 265 Å². The number of aromatic nitrogens is 14. The summed E-state index contributed by atoms with van der Waals surface area (Å²) in [7, 11) is 14.5. The molecule has 4 saturated heterocycles. The van der Waals surface area contributed by atoms with Crippen molar-refractivity contribution >= 4 is 89.6 Å². The molecular weight excluding hydrogens is 1760 g/mol. The zero-order chi connectivity index (χ0) is 96.2. The number of fused-ring (bicyclic) bond motifs is 4. The molecule has 4 N–H and O–H groups in total. The highest BCUT2D eigenvalue weighted by atomic mass is 19.1. The Hall–Kier alpha value is -12.1. The average Bonchev–Trinajstić information content (AvgIpc) is 1.64. The quantitative estimate of drug-likeness (QED) is 0.0285. The number of hydrogen-bond donors (Lipinski definition) is 4. The van der Waals surface area contributed by atoms with Crippen LogP contribution in [0.2, 0.25) is 0 Å². The maximum Gasteiger partial charge on any atom is 0.235 e. The summed E-state index contributed by atoms with van der Waals surface area (Å²) in [4.78, 5) is 82.8. The highest BCUT2D eigenvalue weighted by molar-refractivity contribution is 5.96. The maximum atomic E-state index is 15.4. The van der Waals surface area contributed by atoms with Gasteiger partial charge in [0.15, 0.2) is 28.8 Å². The molecule has 0 unspecified atom stereocenters. The SMILES string of the molecule is CCC1(c2nc(N3CCC(c4nccnc4OC)CC3)c3cc(N(C)CCO)ccc3n2)CC1.COc1ccccc1C1CCN(c2nc(C3(F)CC3)nc3ccc(N(C)CCOCCF)cc23)CC1.COc1nccnc1C1CCN(c2nc(C3(F)CCC3)nc3ccc(N(C)CCO)cc23)CC1.COc1nccnc1C1CCN(c2nc(C3(O)CCC3)nc3ccc(N(C)CCO)cc23)CC1. The molecule has 11 heterocycles. The van der Waals surface area contributed by atoms with E-state index in [0.717, 1.165) is 241 Å². The Bertz CT molecular complexity index is 5740. The lowest BCUT2D eigenvalue weighted by Crippen LogP contribution is -2.38. The third kappa shape index (κ3) is 21.4. The number of likely N-dealkylation sites (N-methyl/N-ethyl adjacent to an activating group) is 4. The summed E-state index contributed by atoms with van der Waals surface area (Å²) in [6, 6.07) is 32.7. The number of hydrogen-bond acceptors (Lipinski definition) is 31. The van der Waals surface area contributed by atoms with Crippen molar-refractivity contribution in [1.29, 1.82) is 0 Å². The van der Waals surface area contributed by atoms with Crippen molar-refractivity contribution in [2.45, 2.75) is 175 Å². The van der Waals surface area contributed by atoms with E-state index in [1.54, 1.807) is 65.6 Å². The van der Waals surface area contributed by atoms with Gasteiger partial charge in [-0.05, 0) is 212 Å². The van der Waals surface area contributed by atoms with Crippen LogP contribution in [0.15, 0.2) is 134 Å². The fraction of sp³-hybridized carbons (Fsp3) is 0.519. The van der Waals surface area contributed by atoms with Gasteiger partial charge in [0.25, 0.3) is 0 Å². The molecule has 8 aliphatic rings. The van der Waals surface area contributed by atoms with Crippen LogP contribution in [0.1, 0.15) is 199 Å². The van der Waals surface area contributed by atoms with E-state index in [1.165, 1.54) is 18.4 Å². The summed E-state index contributed by atoms with van der Waals surface area (Å²) in [5, 5.41) is 43.0. The van der Waals surface area contributed by atoms with Crippen molar-refractivity contribution in [2.24, 2.45) is 0 Å². The molecule has 5 aromatic carbocycles. The predicted octanol–water partition coefficient (Wildman–Crippen LogP) is 15.3.